The first-order valence-electron chi connectivity index (χ1n) is 6.14. The van der Waals surface area contributed by atoms with Gasteiger partial charge in [0, 0.05) is 11.1 Å². The second-order valence-electron chi connectivity index (χ2n) is 4.34. The van der Waals surface area contributed by atoms with Crippen molar-refractivity contribution >= 4 is 11.6 Å². The molecule has 0 amide bonds. The number of hydrogen-bond donors (Lipinski definition) is 0. The SMILES string of the molecule is C.CC(=O)c1ccc(C)cc1.CC(=O)c1ccccc1. The molecule has 2 nitrogen and oxygen atoms in total. The molecule has 0 N–H and O–H groups in total. The van der Waals surface area contributed by atoms with Crippen molar-refractivity contribution in [2.24, 2.45) is 0 Å². The van der Waals surface area contributed by atoms with Gasteiger partial charge in [-0.25, -0.2) is 0 Å². The minimum Gasteiger partial charge on any atom is -0.295 e. The molecule has 0 aliphatic rings. The van der Waals surface area contributed by atoms with Gasteiger partial charge in [-0.05, 0) is 20.8 Å². The fraction of sp³-hybridized carbons (Fsp3) is 0.222. The molecule has 0 aromatic heterocycles. The monoisotopic (exact) mass is 270 g/mol. The van der Waals surface area contributed by atoms with Crippen molar-refractivity contribution in [3.8, 4) is 0 Å². The first-order valence-corrected chi connectivity index (χ1v) is 6.14. The van der Waals surface area contributed by atoms with Crippen molar-refractivity contribution in [3.63, 3.8) is 0 Å². The quantitative estimate of drug-likeness (QED) is 0.740. The van der Waals surface area contributed by atoms with Crippen LogP contribution in [0.1, 0.15) is 47.6 Å². The topological polar surface area (TPSA) is 34.1 Å². The molecule has 0 heterocycles. The summed E-state index contributed by atoms with van der Waals surface area (Å²) in [6, 6.07) is 16.8. The Bertz CT molecular complexity index is 539. The number of Topliss-reactive ketones (excluding diaryl/α,β-unsaturated/α-hetero) is 2. The van der Waals surface area contributed by atoms with Crippen LogP contribution in [0, 0.1) is 6.92 Å². The Morgan fingerprint density at radius 2 is 1.10 bits per heavy atom. The highest BCUT2D eigenvalue weighted by molar-refractivity contribution is 5.94. The molecule has 0 aliphatic carbocycles. The van der Waals surface area contributed by atoms with E-state index in [0.717, 1.165) is 11.1 Å². The summed E-state index contributed by atoms with van der Waals surface area (Å²) < 4.78 is 0. The van der Waals surface area contributed by atoms with Crippen molar-refractivity contribution in [2.45, 2.75) is 28.2 Å². The smallest absolute Gasteiger partial charge is 0.159 e. The Balaban J connectivity index is 0.000000345. The predicted molar refractivity (Wildman–Crippen MR) is 84.4 cm³/mol. The minimum absolute atomic E-state index is 0. The molecule has 0 bridgehead atoms. The third-order valence-corrected chi connectivity index (χ3v) is 2.64. The molecule has 2 aromatic carbocycles. The Hall–Kier alpha value is -2.22. The lowest BCUT2D eigenvalue weighted by Gasteiger charge is -1.93. The van der Waals surface area contributed by atoms with E-state index < -0.39 is 0 Å². The number of benzene rings is 2. The third-order valence-electron chi connectivity index (χ3n) is 2.64. The predicted octanol–water partition coefficient (Wildman–Crippen LogP) is 4.72. The first-order chi connectivity index (χ1) is 9.00. The van der Waals surface area contributed by atoms with E-state index in [1.165, 1.54) is 5.56 Å². The molecule has 0 fully saturated rings. The van der Waals surface area contributed by atoms with Gasteiger partial charge >= 0.3 is 0 Å². The molecule has 2 aromatic rings. The Labute approximate surface area is 121 Å². The number of rotatable bonds is 2. The molecule has 0 radical (unpaired) electrons. The molecule has 0 unspecified atom stereocenters. The van der Waals surface area contributed by atoms with Crippen molar-refractivity contribution in [2.75, 3.05) is 0 Å². The minimum atomic E-state index is 0. The average molecular weight is 270 g/mol. The normalized spacial score (nSPS) is 8.75. The van der Waals surface area contributed by atoms with Crippen LogP contribution in [0.2, 0.25) is 0 Å². The fourth-order valence-electron chi connectivity index (χ4n) is 1.46. The van der Waals surface area contributed by atoms with Crippen molar-refractivity contribution in [1.29, 1.82) is 0 Å². The molecular weight excluding hydrogens is 248 g/mol. The highest BCUT2D eigenvalue weighted by Gasteiger charge is 1.95. The van der Waals surface area contributed by atoms with Gasteiger partial charge in [-0.15, -0.1) is 0 Å². The summed E-state index contributed by atoms with van der Waals surface area (Å²) >= 11 is 0. The molecule has 0 spiro atoms. The zero-order chi connectivity index (χ0) is 14.3. The van der Waals surface area contributed by atoms with E-state index in [1.807, 2.05) is 61.5 Å². The highest BCUT2D eigenvalue weighted by Crippen LogP contribution is 2.02. The van der Waals surface area contributed by atoms with Crippen molar-refractivity contribution in [3.05, 3.63) is 71.3 Å². The van der Waals surface area contributed by atoms with E-state index in [2.05, 4.69) is 0 Å². The highest BCUT2D eigenvalue weighted by atomic mass is 16.1. The maximum atomic E-state index is 10.8. The summed E-state index contributed by atoms with van der Waals surface area (Å²) in [7, 11) is 0. The third kappa shape index (κ3) is 6.10. The fourth-order valence-corrected chi connectivity index (χ4v) is 1.46. The summed E-state index contributed by atoms with van der Waals surface area (Å²) in [6.45, 7) is 5.14. The zero-order valence-electron chi connectivity index (χ0n) is 11.5. The molecule has 20 heavy (non-hydrogen) atoms. The number of aryl methyl sites for hydroxylation is 1. The molecular formula is C18H22O2. The van der Waals surface area contributed by atoms with Crippen molar-refractivity contribution in [1.82, 2.24) is 0 Å². The lowest BCUT2D eigenvalue weighted by Crippen LogP contribution is -1.90. The van der Waals surface area contributed by atoms with E-state index in [-0.39, 0.29) is 19.0 Å². The second-order valence-corrected chi connectivity index (χ2v) is 4.34. The van der Waals surface area contributed by atoms with Gasteiger partial charge in [-0.3, -0.25) is 9.59 Å². The van der Waals surface area contributed by atoms with Gasteiger partial charge in [-0.2, -0.15) is 0 Å². The van der Waals surface area contributed by atoms with E-state index in [1.54, 1.807) is 13.8 Å². The Morgan fingerprint density at radius 3 is 1.45 bits per heavy atom. The van der Waals surface area contributed by atoms with E-state index in [9.17, 15) is 9.59 Å². The molecule has 0 saturated heterocycles. The van der Waals surface area contributed by atoms with Crippen LogP contribution in [0.25, 0.3) is 0 Å². The summed E-state index contributed by atoms with van der Waals surface area (Å²) in [6.07, 6.45) is 0. The molecule has 2 rings (SSSR count). The summed E-state index contributed by atoms with van der Waals surface area (Å²) in [5, 5.41) is 0. The van der Waals surface area contributed by atoms with Gasteiger partial charge in [0.05, 0.1) is 0 Å². The van der Waals surface area contributed by atoms with Crippen LogP contribution in [0.4, 0.5) is 0 Å². The maximum Gasteiger partial charge on any atom is 0.159 e. The molecule has 0 aliphatic heterocycles. The van der Waals surface area contributed by atoms with Crippen LogP contribution in [0.15, 0.2) is 54.6 Å². The van der Waals surface area contributed by atoms with Gasteiger partial charge in [-0.1, -0.05) is 67.6 Å². The maximum absolute atomic E-state index is 10.8. The second kappa shape index (κ2) is 8.81. The molecule has 106 valence electrons. The molecule has 0 saturated carbocycles. The zero-order valence-corrected chi connectivity index (χ0v) is 11.5. The number of carbonyl (C=O) groups excluding carboxylic acids is 2. The summed E-state index contributed by atoms with van der Waals surface area (Å²) in [5.41, 5.74) is 2.74. The lowest BCUT2D eigenvalue weighted by atomic mass is 10.1. The standard InChI is InChI=1S/C9H10O.C8H8O.CH4/c1-7-3-5-9(6-4-7)8(2)10;1-7(9)8-5-3-2-4-6-8;/h3-6H,1-2H3;2-6H,1H3;1H4. The summed E-state index contributed by atoms with van der Waals surface area (Å²) in [5.74, 6) is 0.246. The molecule has 0 atom stereocenters. The van der Waals surface area contributed by atoms with Gasteiger partial charge in [0.25, 0.3) is 0 Å². The average Bonchev–Trinajstić information content (AvgIpc) is 2.41. The van der Waals surface area contributed by atoms with E-state index in [4.69, 9.17) is 0 Å². The largest absolute Gasteiger partial charge is 0.295 e. The van der Waals surface area contributed by atoms with E-state index >= 15 is 0 Å². The summed E-state index contributed by atoms with van der Waals surface area (Å²) in [4.78, 5) is 21.4. The number of ketones is 2. The first kappa shape index (κ1) is 17.8. The van der Waals surface area contributed by atoms with Crippen LogP contribution < -0.4 is 0 Å². The van der Waals surface area contributed by atoms with Crippen molar-refractivity contribution < 1.29 is 9.59 Å². The Kier molecular flexibility index (Phi) is 7.83. The molecule has 2 heteroatoms. The van der Waals surface area contributed by atoms with Crippen LogP contribution in [-0.4, -0.2) is 11.6 Å². The Morgan fingerprint density at radius 1 is 0.700 bits per heavy atom. The van der Waals surface area contributed by atoms with Gasteiger partial charge in [0.15, 0.2) is 11.6 Å². The van der Waals surface area contributed by atoms with Crippen LogP contribution in [0.5, 0.6) is 0 Å². The van der Waals surface area contributed by atoms with Gasteiger partial charge < -0.3 is 0 Å². The van der Waals surface area contributed by atoms with Crippen LogP contribution >= 0.6 is 0 Å². The van der Waals surface area contributed by atoms with E-state index in [0.29, 0.717) is 0 Å². The van der Waals surface area contributed by atoms with Gasteiger partial charge in [0.1, 0.15) is 0 Å². The van der Waals surface area contributed by atoms with Crippen LogP contribution in [0.3, 0.4) is 0 Å². The number of carbonyl (C=O) groups is 2. The van der Waals surface area contributed by atoms with Gasteiger partial charge in [0.2, 0.25) is 0 Å². The van der Waals surface area contributed by atoms with Crippen LogP contribution in [-0.2, 0) is 0 Å². The lowest BCUT2D eigenvalue weighted by molar-refractivity contribution is 0.100. The number of hydrogen-bond acceptors (Lipinski definition) is 2.